The highest BCUT2D eigenvalue weighted by atomic mass is 16.7. The van der Waals surface area contributed by atoms with E-state index in [-0.39, 0.29) is 0 Å². The maximum atomic E-state index is 9.03. The number of methoxy groups -OCH3 is 1. The first-order valence-corrected chi connectivity index (χ1v) is 4.04. The van der Waals surface area contributed by atoms with E-state index in [1.807, 2.05) is 0 Å². The van der Waals surface area contributed by atoms with Crippen molar-refractivity contribution >= 4 is 12.4 Å². The number of pyridine rings is 1. The predicted octanol–water partition coefficient (Wildman–Crippen LogP) is 1.49. The molecule has 0 unspecified atom stereocenters. The second kappa shape index (κ2) is 5.48. The van der Waals surface area contributed by atoms with Crippen molar-refractivity contribution in [1.82, 2.24) is 4.98 Å². The Balaban J connectivity index is 2.64. The van der Waals surface area contributed by atoms with Crippen LogP contribution >= 0.6 is 0 Å². The molecular formula is C9H11N3O3. The average Bonchev–Trinajstić information content (AvgIpc) is 2.27. The number of rotatable bonds is 5. The molecule has 0 amide bonds. The van der Waals surface area contributed by atoms with Gasteiger partial charge in [-0.1, -0.05) is 5.16 Å². The van der Waals surface area contributed by atoms with E-state index >= 15 is 0 Å². The van der Waals surface area contributed by atoms with Crippen LogP contribution in [0, 0.1) is 0 Å². The molecule has 1 aromatic heterocycles. The lowest BCUT2D eigenvalue weighted by atomic mass is 10.4. The van der Waals surface area contributed by atoms with E-state index in [1.54, 1.807) is 25.6 Å². The van der Waals surface area contributed by atoms with Gasteiger partial charge in [-0.25, -0.2) is 0 Å². The first-order valence-electron chi connectivity index (χ1n) is 4.04. The Hall–Kier alpha value is -2.24. The Kier molecular flexibility index (Phi) is 3.96. The maximum absolute atomic E-state index is 9.03. The molecule has 6 nitrogen and oxygen atoms in total. The summed E-state index contributed by atoms with van der Waals surface area (Å²) in [6, 6.07) is 1.71. The third-order valence-corrected chi connectivity index (χ3v) is 1.47. The van der Waals surface area contributed by atoms with Crippen LogP contribution in [-0.4, -0.2) is 23.9 Å². The van der Waals surface area contributed by atoms with Crippen LogP contribution in [0.1, 0.15) is 0 Å². The molecule has 1 rings (SSSR count). The molecule has 0 radical (unpaired) electrons. The molecule has 0 aliphatic rings. The van der Waals surface area contributed by atoms with Gasteiger partial charge in [0.25, 0.3) is 0 Å². The topological polar surface area (TPSA) is 76.0 Å². The number of ether oxygens (including phenoxy) is 1. The summed E-state index contributed by atoms with van der Waals surface area (Å²) in [5.74, 6) is 0.212. The summed E-state index contributed by atoms with van der Waals surface area (Å²) in [5, 5.41) is 14.8. The second-order valence-corrected chi connectivity index (χ2v) is 2.46. The standard InChI is InChI=1S/C9H11N3O3/c1-10-15-9(13)6-12-7-3-8(14-2)5-11-4-7/h3-6,12-13H,1H2,2H3/b9-6-. The Morgan fingerprint density at radius 3 is 3.13 bits per heavy atom. The van der Waals surface area contributed by atoms with Crippen LogP contribution in [-0.2, 0) is 4.84 Å². The van der Waals surface area contributed by atoms with E-state index in [0.29, 0.717) is 11.4 Å². The first kappa shape index (κ1) is 10.8. The number of hydrogen-bond donors (Lipinski definition) is 2. The van der Waals surface area contributed by atoms with Gasteiger partial charge in [0.2, 0.25) is 0 Å². The molecule has 0 aromatic carbocycles. The normalized spacial score (nSPS) is 10.6. The molecule has 1 heterocycles. The fourth-order valence-electron chi connectivity index (χ4n) is 0.847. The van der Waals surface area contributed by atoms with Gasteiger partial charge in [-0.15, -0.1) is 0 Å². The van der Waals surface area contributed by atoms with Crippen molar-refractivity contribution in [3.63, 3.8) is 0 Å². The SMILES string of the molecule is C=NO/C(O)=C\Nc1cncc(OC)c1. The molecule has 0 bridgehead atoms. The van der Waals surface area contributed by atoms with Gasteiger partial charge in [0.05, 0.1) is 31.4 Å². The monoisotopic (exact) mass is 209 g/mol. The molecule has 6 heteroatoms. The zero-order valence-electron chi connectivity index (χ0n) is 8.17. The number of aliphatic hydroxyl groups is 1. The zero-order valence-corrected chi connectivity index (χ0v) is 8.17. The van der Waals surface area contributed by atoms with E-state index in [2.05, 4.69) is 27.0 Å². The predicted molar refractivity (Wildman–Crippen MR) is 55.8 cm³/mol. The maximum Gasteiger partial charge on any atom is 0.323 e. The smallest absolute Gasteiger partial charge is 0.323 e. The molecule has 0 saturated heterocycles. The van der Waals surface area contributed by atoms with Crippen molar-refractivity contribution in [2.24, 2.45) is 5.16 Å². The zero-order chi connectivity index (χ0) is 11.1. The van der Waals surface area contributed by atoms with Crippen LogP contribution in [0.2, 0.25) is 0 Å². The van der Waals surface area contributed by atoms with Crippen molar-refractivity contribution in [3.05, 3.63) is 30.6 Å². The first-order chi connectivity index (χ1) is 7.26. The number of hydrogen-bond acceptors (Lipinski definition) is 6. The molecule has 15 heavy (non-hydrogen) atoms. The summed E-state index contributed by atoms with van der Waals surface area (Å²) in [5.41, 5.74) is 0.647. The fraction of sp³-hybridized carbons (Fsp3) is 0.111. The van der Waals surface area contributed by atoms with Crippen LogP contribution in [0.4, 0.5) is 5.69 Å². The van der Waals surface area contributed by atoms with Crippen LogP contribution in [0.25, 0.3) is 0 Å². The van der Waals surface area contributed by atoms with Crippen molar-refractivity contribution in [2.45, 2.75) is 0 Å². The third-order valence-electron chi connectivity index (χ3n) is 1.47. The van der Waals surface area contributed by atoms with Crippen LogP contribution < -0.4 is 10.1 Å². The van der Waals surface area contributed by atoms with E-state index in [1.165, 1.54) is 6.20 Å². The number of aromatic nitrogens is 1. The van der Waals surface area contributed by atoms with Gasteiger partial charge < -0.3 is 20.0 Å². The lowest BCUT2D eigenvalue weighted by molar-refractivity contribution is 0.101. The summed E-state index contributed by atoms with van der Waals surface area (Å²) in [7, 11) is 1.54. The van der Waals surface area contributed by atoms with Gasteiger partial charge in [-0.3, -0.25) is 4.98 Å². The molecule has 0 aliphatic heterocycles. The van der Waals surface area contributed by atoms with E-state index in [0.717, 1.165) is 0 Å². The van der Waals surface area contributed by atoms with Crippen LogP contribution in [0.3, 0.4) is 0 Å². The molecule has 0 spiro atoms. The Morgan fingerprint density at radius 1 is 1.67 bits per heavy atom. The van der Waals surface area contributed by atoms with Gasteiger partial charge >= 0.3 is 5.95 Å². The minimum Gasteiger partial charge on any atom is -0.495 e. The number of aliphatic hydroxyl groups excluding tert-OH is 1. The van der Waals surface area contributed by atoms with Crippen molar-refractivity contribution in [2.75, 3.05) is 12.4 Å². The number of oxime groups is 1. The van der Waals surface area contributed by atoms with Crippen molar-refractivity contribution < 1.29 is 14.7 Å². The summed E-state index contributed by atoms with van der Waals surface area (Å²) in [6.07, 6.45) is 4.34. The highest BCUT2D eigenvalue weighted by Crippen LogP contribution is 2.14. The molecule has 1 aromatic rings. The second-order valence-electron chi connectivity index (χ2n) is 2.46. The fourth-order valence-corrected chi connectivity index (χ4v) is 0.847. The molecule has 0 saturated carbocycles. The highest BCUT2D eigenvalue weighted by molar-refractivity contribution is 5.47. The third kappa shape index (κ3) is 3.55. The van der Waals surface area contributed by atoms with Crippen LogP contribution in [0.5, 0.6) is 5.75 Å². The van der Waals surface area contributed by atoms with E-state index < -0.39 is 5.95 Å². The Morgan fingerprint density at radius 2 is 2.47 bits per heavy atom. The Bertz CT molecular complexity index is 365. The Labute approximate surface area is 86.8 Å². The molecular weight excluding hydrogens is 198 g/mol. The molecule has 0 aliphatic carbocycles. The lowest BCUT2D eigenvalue weighted by Gasteiger charge is -2.03. The van der Waals surface area contributed by atoms with Gasteiger partial charge in [0.15, 0.2) is 0 Å². The summed E-state index contributed by atoms with van der Waals surface area (Å²) in [6.45, 7) is 3.05. The minimum absolute atomic E-state index is 0.396. The average molecular weight is 209 g/mol. The summed E-state index contributed by atoms with van der Waals surface area (Å²) < 4.78 is 4.96. The lowest BCUT2D eigenvalue weighted by Crippen LogP contribution is -1.94. The van der Waals surface area contributed by atoms with Gasteiger partial charge in [-0.2, -0.15) is 0 Å². The molecule has 0 atom stereocenters. The summed E-state index contributed by atoms with van der Waals surface area (Å²) in [4.78, 5) is 8.24. The van der Waals surface area contributed by atoms with Crippen molar-refractivity contribution in [3.8, 4) is 5.75 Å². The van der Waals surface area contributed by atoms with Gasteiger partial charge in [0, 0.05) is 12.8 Å². The van der Waals surface area contributed by atoms with Gasteiger partial charge in [0.1, 0.15) is 5.75 Å². The minimum atomic E-state index is -0.396. The number of anilines is 1. The van der Waals surface area contributed by atoms with E-state index in [9.17, 15) is 0 Å². The molecule has 2 N–H and O–H groups in total. The number of nitrogens with one attached hydrogen (secondary N) is 1. The van der Waals surface area contributed by atoms with Crippen molar-refractivity contribution in [1.29, 1.82) is 0 Å². The largest absolute Gasteiger partial charge is 0.495 e. The van der Waals surface area contributed by atoms with Gasteiger partial charge in [-0.05, 0) is 0 Å². The molecule has 80 valence electrons. The number of nitrogens with zero attached hydrogens (tertiary/aromatic N) is 2. The van der Waals surface area contributed by atoms with Crippen LogP contribution in [0.15, 0.2) is 35.8 Å². The highest BCUT2D eigenvalue weighted by Gasteiger charge is 1.95. The quantitative estimate of drug-likeness (QED) is 0.436. The molecule has 0 fully saturated rings. The van der Waals surface area contributed by atoms with E-state index in [4.69, 9.17) is 9.84 Å². The summed E-state index contributed by atoms with van der Waals surface area (Å²) >= 11 is 0.